The monoisotopic (exact) mass is 549 g/mol. The maximum atomic E-state index is 13.0. The van der Waals surface area contributed by atoms with Crippen molar-refractivity contribution in [3.05, 3.63) is 78.1 Å². The van der Waals surface area contributed by atoms with Crippen LogP contribution in [0, 0.1) is 12.8 Å². The lowest BCUT2D eigenvalue weighted by Crippen LogP contribution is -2.44. The van der Waals surface area contributed by atoms with Crippen molar-refractivity contribution in [2.24, 2.45) is 5.92 Å². The Morgan fingerprint density at radius 2 is 1.54 bits per heavy atom. The molecule has 4 rings (SSSR count). The van der Waals surface area contributed by atoms with E-state index in [4.69, 9.17) is 9.15 Å². The molecule has 0 saturated heterocycles. The molecule has 0 fully saturated rings. The van der Waals surface area contributed by atoms with E-state index in [-0.39, 0.29) is 22.5 Å². The number of furan rings is 1. The zero-order valence-electron chi connectivity index (χ0n) is 22.4. The van der Waals surface area contributed by atoms with Gasteiger partial charge in [0.2, 0.25) is 10.0 Å². The average molecular weight is 550 g/mol. The van der Waals surface area contributed by atoms with Gasteiger partial charge in [-0.15, -0.1) is 0 Å². The van der Waals surface area contributed by atoms with E-state index in [9.17, 15) is 18.0 Å². The minimum Gasteiger partial charge on any atom is -0.468 e. The highest BCUT2D eigenvalue weighted by Crippen LogP contribution is 2.32. The van der Waals surface area contributed by atoms with Gasteiger partial charge in [-0.3, -0.25) is 9.59 Å². The van der Waals surface area contributed by atoms with Crippen LogP contribution in [0.3, 0.4) is 0 Å². The van der Waals surface area contributed by atoms with Crippen LogP contribution in [0.1, 0.15) is 30.0 Å². The molecule has 0 unspecified atom stereocenters. The van der Waals surface area contributed by atoms with Gasteiger partial charge in [0.25, 0.3) is 5.91 Å². The van der Waals surface area contributed by atoms with Crippen LogP contribution in [-0.4, -0.2) is 40.5 Å². The lowest BCUT2D eigenvalue weighted by atomic mass is 10.1. The number of carbonyl (C=O) groups is 2. The fourth-order valence-electron chi connectivity index (χ4n) is 4.31. The highest BCUT2D eigenvalue weighted by molar-refractivity contribution is 7.89. The Hall–Kier alpha value is -4.15. The Bertz CT molecular complexity index is 1610. The first kappa shape index (κ1) is 27.9. The van der Waals surface area contributed by atoms with Crippen molar-refractivity contribution in [3.63, 3.8) is 0 Å². The SMILES string of the molecule is CNc1cccc2oc(C(=O)Nc3ccc(-c4ccc(S(=O)(=O)N[C@H](C(=O)OC)C(C)C)cc4)cc3)c(C)c12. The Balaban J connectivity index is 1.48. The smallest absolute Gasteiger partial charge is 0.324 e. The molecule has 0 spiro atoms. The predicted molar refractivity (Wildman–Crippen MR) is 151 cm³/mol. The van der Waals surface area contributed by atoms with Crippen LogP contribution in [0.2, 0.25) is 0 Å². The molecule has 1 aromatic heterocycles. The van der Waals surface area contributed by atoms with Crippen LogP contribution in [0.4, 0.5) is 11.4 Å². The van der Waals surface area contributed by atoms with Gasteiger partial charge in [-0.1, -0.05) is 44.2 Å². The summed E-state index contributed by atoms with van der Waals surface area (Å²) in [6, 6.07) is 18.1. The zero-order valence-corrected chi connectivity index (χ0v) is 23.2. The van der Waals surface area contributed by atoms with Crippen LogP contribution < -0.4 is 15.4 Å². The summed E-state index contributed by atoms with van der Waals surface area (Å²) in [4.78, 5) is 25.0. The first-order valence-electron chi connectivity index (χ1n) is 12.4. The third kappa shape index (κ3) is 5.81. The number of fused-ring (bicyclic) bond motifs is 1. The van der Waals surface area contributed by atoms with Crippen molar-refractivity contribution >= 4 is 44.2 Å². The summed E-state index contributed by atoms with van der Waals surface area (Å²) in [5, 5.41) is 6.85. The van der Waals surface area contributed by atoms with Crippen LogP contribution in [-0.2, 0) is 19.6 Å². The van der Waals surface area contributed by atoms with Gasteiger partial charge < -0.3 is 19.8 Å². The molecular formula is C29H31N3O6S. The lowest BCUT2D eigenvalue weighted by molar-refractivity contribution is -0.143. The van der Waals surface area contributed by atoms with Gasteiger partial charge in [0, 0.05) is 29.4 Å². The maximum Gasteiger partial charge on any atom is 0.324 e. The predicted octanol–water partition coefficient (Wildman–Crippen LogP) is 5.18. The molecule has 0 bridgehead atoms. The number of benzene rings is 3. The molecule has 0 aliphatic heterocycles. The Morgan fingerprint density at radius 1 is 0.923 bits per heavy atom. The molecule has 1 heterocycles. The number of carbonyl (C=O) groups excluding carboxylic acids is 2. The summed E-state index contributed by atoms with van der Waals surface area (Å²) in [7, 11) is -0.896. The number of nitrogens with one attached hydrogen (secondary N) is 3. The van der Waals surface area contributed by atoms with Gasteiger partial charge in [-0.25, -0.2) is 8.42 Å². The van der Waals surface area contributed by atoms with E-state index < -0.39 is 22.0 Å². The number of ether oxygens (including phenoxy) is 1. The van der Waals surface area contributed by atoms with E-state index in [2.05, 4.69) is 15.4 Å². The third-order valence-electron chi connectivity index (χ3n) is 6.47. The molecular weight excluding hydrogens is 518 g/mol. The van der Waals surface area contributed by atoms with Gasteiger partial charge in [0.05, 0.1) is 12.0 Å². The highest BCUT2D eigenvalue weighted by Gasteiger charge is 2.29. The molecule has 10 heteroatoms. The number of amides is 1. The zero-order chi connectivity index (χ0) is 28.3. The largest absolute Gasteiger partial charge is 0.468 e. The normalized spacial score (nSPS) is 12.4. The van der Waals surface area contributed by atoms with Crippen molar-refractivity contribution in [2.75, 3.05) is 24.8 Å². The molecule has 0 aliphatic carbocycles. The summed E-state index contributed by atoms with van der Waals surface area (Å²) in [6.07, 6.45) is 0. The number of rotatable bonds is 9. The molecule has 3 N–H and O–H groups in total. The first-order chi connectivity index (χ1) is 18.6. The van der Waals surface area contributed by atoms with Gasteiger partial charge in [-0.05, 0) is 60.4 Å². The molecule has 0 saturated carbocycles. The molecule has 204 valence electrons. The molecule has 1 amide bonds. The van der Waals surface area contributed by atoms with Gasteiger partial charge in [-0.2, -0.15) is 4.72 Å². The molecule has 3 aromatic carbocycles. The van der Waals surface area contributed by atoms with E-state index in [1.807, 2.05) is 44.3 Å². The maximum absolute atomic E-state index is 13.0. The number of aryl methyl sites for hydroxylation is 1. The molecule has 0 aliphatic rings. The standard InChI is InChI=1S/C29H31N3O6S/c1-17(2)26(29(34)37-5)32-39(35,36)22-15-11-20(12-16-22)19-9-13-21(14-10-19)31-28(33)27-18(3)25-23(30-4)7-6-8-24(25)38-27/h6-17,26,30,32H,1-5H3,(H,31,33)/t26-/m0/s1. The number of sulfonamides is 1. The number of hydrogen-bond acceptors (Lipinski definition) is 7. The van der Waals surface area contributed by atoms with Gasteiger partial charge in [0.15, 0.2) is 5.76 Å². The van der Waals surface area contributed by atoms with E-state index in [1.165, 1.54) is 19.2 Å². The minimum atomic E-state index is -3.93. The van der Waals surface area contributed by atoms with Crippen molar-refractivity contribution in [1.29, 1.82) is 0 Å². The van der Waals surface area contributed by atoms with E-state index >= 15 is 0 Å². The second-order valence-corrected chi connectivity index (χ2v) is 11.1. The van der Waals surface area contributed by atoms with Gasteiger partial charge in [0.1, 0.15) is 11.6 Å². The fourth-order valence-corrected chi connectivity index (χ4v) is 5.64. The second kappa shape index (κ2) is 11.3. The minimum absolute atomic E-state index is 0.0346. The summed E-state index contributed by atoms with van der Waals surface area (Å²) in [5.41, 5.74) is 4.47. The summed E-state index contributed by atoms with van der Waals surface area (Å²) >= 11 is 0. The topological polar surface area (TPSA) is 127 Å². The van der Waals surface area contributed by atoms with Gasteiger partial charge >= 0.3 is 5.97 Å². The fraction of sp³-hybridized carbons (Fsp3) is 0.241. The lowest BCUT2D eigenvalue weighted by Gasteiger charge is -2.19. The summed E-state index contributed by atoms with van der Waals surface area (Å²) < 4.78 is 38.6. The van der Waals surface area contributed by atoms with Crippen LogP contribution in [0.5, 0.6) is 0 Å². The van der Waals surface area contributed by atoms with Crippen LogP contribution >= 0.6 is 0 Å². The highest BCUT2D eigenvalue weighted by atomic mass is 32.2. The molecule has 1 atom stereocenters. The van der Waals surface area contributed by atoms with E-state index in [0.29, 0.717) is 11.3 Å². The molecule has 0 radical (unpaired) electrons. The number of anilines is 2. The Kier molecular flexibility index (Phi) is 8.08. The number of hydrogen-bond donors (Lipinski definition) is 3. The molecule has 39 heavy (non-hydrogen) atoms. The average Bonchev–Trinajstić information content (AvgIpc) is 3.28. The van der Waals surface area contributed by atoms with Crippen molar-refractivity contribution in [3.8, 4) is 11.1 Å². The second-order valence-electron chi connectivity index (χ2n) is 9.41. The van der Waals surface area contributed by atoms with Crippen LogP contribution in [0.25, 0.3) is 22.1 Å². The number of methoxy groups -OCH3 is 1. The Morgan fingerprint density at radius 3 is 2.10 bits per heavy atom. The number of esters is 1. The molecule has 9 nitrogen and oxygen atoms in total. The summed E-state index contributed by atoms with van der Waals surface area (Å²) in [5.74, 6) is -1.04. The third-order valence-corrected chi connectivity index (χ3v) is 7.93. The summed E-state index contributed by atoms with van der Waals surface area (Å²) in [6.45, 7) is 5.32. The Labute approximate surface area is 227 Å². The van der Waals surface area contributed by atoms with Crippen molar-refractivity contribution in [2.45, 2.75) is 31.7 Å². The first-order valence-corrected chi connectivity index (χ1v) is 13.9. The van der Waals surface area contributed by atoms with Crippen molar-refractivity contribution < 1.29 is 27.2 Å². The van der Waals surface area contributed by atoms with Crippen LogP contribution in [0.15, 0.2) is 76.0 Å². The van der Waals surface area contributed by atoms with E-state index in [1.54, 1.807) is 38.1 Å². The quantitative estimate of drug-likeness (QED) is 0.246. The van der Waals surface area contributed by atoms with Crippen molar-refractivity contribution in [1.82, 2.24) is 4.72 Å². The van der Waals surface area contributed by atoms with E-state index in [0.717, 1.165) is 27.8 Å². The molecule has 4 aromatic rings.